The molecule has 0 radical (unpaired) electrons. The highest BCUT2D eigenvalue weighted by molar-refractivity contribution is 5.36. The maximum Gasteiger partial charge on any atom is 0.0845 e. The van der Waals surface area contributed by atoms with E-state index in [0.29, 0.717) is 42.2 Å². The van der Waals surface area contributed by atoms with Crippen molar-refractivity contribution in [3.63, 3.8) is 0 Å². The zero-order chi connectivity index (χ0) is 21.7. The Morgan fingerprint density at radius 1 is 0.750 bits per heavy atom. The van der Waals surface area contributed by atoms with Gasteiger partial charge in [0.1, 0.15) is 0 Å². The average molecular weight is 437 g/mol. The third kappa shape index (κ3) is 3.69. The molecule has 4 fully saturated rings. The number of benzene rings is 1. The van der Waals surface area contributed by atoms with Crippen molar-refractivity contribution >= 4 is 0 Å². The first-order valence-corrected chi connectivity index (χ1v) is 12.5. The monoisotopic (exact) mass is 436 g/mol. The Morgan fingerprint density at radius 2 is 1.28 bits per heavy atom. The van der Waals surface area contributed by atoms with Crippen LogP contribution in [0.1, 0.15) is 50.0 Å². The predicted octanol–water partition coefficient (Wildman–Crippen LogP) is 5.05. The molecule has 4 heteroatoms. The lowest BCUT2D eigenvalue weighted by molar-refractivity contribution is -0.106. The summed E-state index contributed by atoms with van der Waals surface area (Å²) in [6.07, 6.45) is 18.5. The molecule has 5 aliphatic rings. The molecule has 172 valence electrons. The van der Waals surface area contributed by atoms with Gasteiger partial charge in [-0.15, -0.1) is 0 Å². The number of methoxy groups -OCH3 is 2. The first kappa shape index (κ1) is 21.1. The van der Waals surface area contributed by atoms with Crippen molar-refractivity contribution in [1.29, 1.82) is 0 Å². The van der Waals surface area contributed by atoms with Gasteiger partial charge in [0.25, 0.3) is 0 Å². The quantitative estimate of drug-likeness (QED) is 0.443. The van der Waals surface area contributed by atoms with Crippen molar-refractivity contribution in [2.24, 2.45) is 17.3 Å². The van der Waals surface area contributed by atoms with E-state index in [1.54, 1.807) is 0 Å². The molecule has 8 unspecified atom stereocenters. The van der Waals surface area contributed by atoms with Gasteiger partial charge in [-0.2, -0.15) is 0 Å². The number of rotatable bonds is 7. The summed E-state index contributed by atoms with van der Waals surface area (Å²) < 4.78 is 24.5. The second-order valence-electron chi connectivity index (χ2n) is 10.5. The fourth-order valence-electron chi connectivity index (χ4n) is 7.13. The predicted molar refractivity (Wildman–Crippen MR) is 123 cm³/mol. The average Bonchev–Trinajstić information content (AvgIpc) is 3.75. The highest BCUT2D eigenvalue weighted by atomic mass is 16.6. The summed E-state index contributed by atoms with van der Waals surface area (Å²) in [4.78, 5) is 0. The van der Waals surface area contributed by atoms with E-state index in [1.165, 1.54) is 18.4 Å². The van der Waals surface area contributed by atoms with Gasteiger partial charge in [-0.1, -0.05) is 54.6 Å². The summed E-state index contributed by atoms with van der Waals surface area (Å²) in [5, 5.41) is 0. The Hall–Kier alpha value is -1.46. The number of allylic oxidation sites excluding steroid dienone is 2. The van der Waals surface area contributed by atoms with Crippen LogP contribution in [0.2, 0.25) is 0 Å². The summed E-state index contributed by atoms with van der Waals surface area (Å²) >= 11 is 0. The van der Waals surface area contributed by atoms with Crippen LogP contribution >= 0.6 is 0 Å². The summed E-state index contributed by atoms with van der Waals surface area (Å²) in [5.41, 5.74) is 1.06. The number of hydrogen-bond acceptors (Lipinski definition) is 4. The zero-order valence-corrected chi connectivity index (χ0v) is 19.3. The smallest absolute Gasteiger partial charge is 0.0845 e. The molecule has 0 bridgehead atoms. The van der Waals surface area contributed by atoms with E-state index in [4.69, 9.17) is 18.9 Å². The first-order valence-electron chi connectivity index (χ1n) is 12.5. The molecule has 2 saturated carbocycles. The second kappa shape index (κ2) is 8.39. The number of ether oxygens (including phenoxy) is 4. The topological polar surface area (TPSA) is 43.5 Å². The standard InChI is InChI=1S/C28H36O4/c1-29-26(20-8-10-22-24(16-20)31-22)28(27(30-2)21-9-11-23-25(17-21)32-23)14-12-19(13-15-28)18-6-4-3-5-7-18/h3-7,12-15,19-27H,8-11,16-17H2,1-2H3. The normalized spacial score (nSPS) is 43.8. The number of hydrogen-bond donors (Lipinski definition) is 0. The van der Waals surface area contributed by atoms with E-state index in [9.17, 15) is 0 Å². The number of epoxide rings is 2. The van der Waals surface area contributed by atoms with Crippen molar-refractivity contribution in [1.82, 2.24) is 0 Å². The van der Waals surface area contributed by atoms with Gasteiger partial charge in [-0.3, -0.25) is 0 Å². The van der Waals surface area contributed by atoms with Crippen molar-refractivity contribution in [2.75, 3.05) is 14.2 Å². The fourth-order valence-corrected chi connectivity index (χ4v) is 7.13. The highest BCUT2D eigenvalue weighted by Crippen LogP contribution is 2.52. The minimum atomic E-state index is -0.270. The second-order valence-corrected chi connectivity index (χ2v) is 10.5. The molecule has 0 spiro atoms. The van der Waals surface area contributed by atoms with E-state index in [-0.39, 0.29) is 17.6 Å². The molecule has 0 N–H and O–H groups in total. The van der Waals surface area contributed by atoms with Crippen LogP contribution in [0, 0.1) is 17.3 Å². The molecule has 3 aliphatic carbocycles. The molecule has 4 nitrogen and oxygen atoms in total. The van der Waals surface area contributed by atoms with Gasteiger partial charge in [0.15, 0.2) is 0 Å². The molecule has 32 heavy (non-hydrogen) atoms. The Morgan fingerprint density at radius 3 is 1.75 bits per heavy atom. The minimum Gasteiger partial charge on any atom is -0.380 e. The Bertz CT molecular complexity index is 811. The molecule has 0 amide bonds. The zero-order valence-electron chi connectivity index (χ0n) is 19.3. The van der Waals surface area contributed by atoms with Gasteiger partial charge in [-0.05, 0) is 55.9 Å². The van der Waals surface area contributed by atoms with Crippen LogP contribution < -0.4 is 0 Å². The molecule has 1 aromatic rings. The van der Waals surface area contributed by atoms with Crippen LogP contribution in [0.15, 0.2) is 54.6 Å². The third-order valence-electron chi connectivity index (χ3n) is 8.81. The number of fused-ring (bicyclic) bond motifs is 2. The van der Waals surface area contributed by atoms with Gasteiger partial charge in [0.05, 0.1) is 42.0 Å². The van der Waals surface area contributed by atoms with Crippen molar-refractivity contribution in [2.45, 2.75) is 81.1 Å². The van der Waals surface area contributed by atoms with E-state index in [1.807, 2.05) is 14.2 Å². The molecule has 2 aliphatic heterocycles. The van der Waals surface area contributed by atoms with Gasteiger partial charge in [0, 0.05) is 20.1 Å². The maximum atomic E-state index is 6.38. The molecule has 2 saturated heterocycles. The molecule has 0 aromatic heterocycles. The largest absolute Gasteiger partial charge is 0.380 e. The van der Waals surface area contributed by atoms with Crippen molar-refractivity contribution < 1.29 is 18.9 Å². The van der Waals surface area contributed by atoms with Crippen LogP contribution in [0.3, 0.4) is 0 Å². The van der Waals surface area contributed by atoms with E-state index >= 15 is 0 Å². The third-order valence-corrected chi connectivity index (χ3v) is 8.81. The van der Waals surface area contributed by atoms with Crippen LogP contribution in [-0.2, 0) is 18.9 Å². The van der Waals surface area contributed by atoms with E-state index in [2.05, 4.69) is 54.6 Å². The SMILES string of the molecule is COC(C1CCC2OC2C1)C1(C(OC)C2CCC3OC3C2)C=CC(c2ccccc2)C=C1. The lowest BCUT2D eigenvalue weighted by Gasteiger charge is -2.49. The van der Waals surface area contributed by atoms with Gasteiger partial charge >= 0.3 is 0 Å². The Balaban J connectivity index is 1.33. The lowest BCUT2D eigenvalue weighted by atomic mass is 9.62. The van der Waals surface area contributed by atoms with Gasteiger partial charge in [-0.25, -0.2) is 0 Å². The molecule has 8 atom stereocenters. The Labute approximate surface area is 192 Å². The molecule has 2 heterocycles. The fraction of sp³-hybridized carbons (Fsp3) is 0.643. The molecule has 1 aromatic carbocycles. The molecular formula is C28H36O4. The summed E-state index contributed by atoms with van der Waals surface area (Å²) in [5.74, 6) is 1.26. The minimum absolute atomic E-state index is 0.0830. The lowest BCUT2D eigenvalue weighted by Crippen LogP contribution is -2.52. The first-order chi connectivity index (χ1) is 15.7. The molecule has 6 rings (SSSR count). The Kier molecular flexibility index (Phi) is 5.53. The summed E-state index contributed by atoms with van der Waals surface area (Å²) in [6, 6.07) is 10.8. The van der Waals surface area contributed by atoms with E-state index < -0.39 is 0 Å². The van der Waals surface area contributed by atoms with Gasteiger partial charge < -0.3 is 18.9 Å². The van der Waals surface area contributed by atoms with Crippen LogP contribution in [-0.4, -0.2) is 50.8 Å². The van der Waals surface area contributed by atoms with Crippen molar-refractivity contribution in [3.05, 3.63) is 60.2 Å². The van der Waals surface area contributed by atoms with Crippen molar-refractivity contribution in [3.8, 4) is 0 Å². The summed E-state index contributed by atoms with van der Waals surface area (Å²) in [6.45, 7) is 0. The van der Waals surface area contributed by atoms with Crippen LogP contribution in [0.5, 0.6) is 0 Å². The van der Waals surface area contributed by atoms with Crippen LogP contribution in [0.25, 0.3) is 0 Å². The highest BCUT2D eigenvalue weighted by Gasteiger charge is 2.56. The summed E-state index contributed by atoms with van der Waals surface area (Å²) in [7, 11) is 3.79. The van der Waals surface area contributed by atoms with Gasteiger partial charge in [0.2, 0.25) is 0 Å². The van der Waals surface area contributed by atoms with Crippen LogP contribution in [0.4, 0.5) is 0 Å². The molecular weight excluding hydrogens is 400 g/mol. The maximum absolute atomic E-state index is 6.38. The van der Waals surface area contributed by atoms with E-state index in [0.717, 1.165) is 25.7 Å².